The maximum atomic E-state index is 12.2. The molecule has 1 atom stereocenters. The Labute approximate surface area is 140 Å². The second kappa shape index (κ2) is 8.61. The van der Waals surface area contributed by atoms with E-state index in [9.17, 15) is 14.4 Å². The number of urea groups is 1. The molecular formula is C15H23N3O4S. The Morgan fingerprint density at radius 2 is 2.04 bits per heavy atom. The zero-order valence-corrected chi connectivity index (χ0v) is 14.9. The van der Waals surface area contributed by atoms with E-state index < -0.39 is 18.0 Å². The van der Waals surface area contributed by atoms with Crippen molar-refractivity contribution in [3.05, 3.63) is 16.1 Å². The minimum atomic E-state index is -0.978. The number of aromatic nitrogens is 1. The molecule has 0 aromatic carbocycles. The van der Waals surface area contributed by atoms with Crippen LogP contribution in [-0.4, -0.2) is 47.9 Å². The topological polar surface area (TPSA) is 88.6 Å². The van der Waals surface area contributed by atoms with E-state index in [-0.39, 0.29) is 12.2 Å². The van der Waals surface area contributed by atoms with Gasteiger partial charge in [-0.2, -0.15) is 0 Å². The zero-order valence-electron chi connectivity index (χ0n) is 14.1. The largest absolute Gasteiger partial charge is 0.467 e. The number of amides is 2. The molecule has 8 heteroatoms. The Hall–Kier alpha value is -1.96. The van der Waals surface area contributed by atoms with Crippen molar-refractivity contribution in [2.75, 3.05) is 14.2 Å². The summed E-state index contributed by atoms with van der Waals surface area (Å²) in [5.41, 5.74) is 0.789. The first kappa shape index (κ1) is 19.1. The molecule has 1 aromatic heterocycles. The summed E-state index contributed by atoms with van der Waals surface area (Å²) in [6.07, 6.45) is -0.0968. The molecule has 0 aliphatic rings. The summed E-state index contributed by atoms with van der Waals surface area (Å²) in [4.78, 5) is 40.9. The van der Waals surface area contributed by atoms with Gasteiger partial charge in [-0.1, -0.05) is 13.8 Å². The van der Waals surface area contributed by atoms with Crippen LogP contribution in [0.25, 0.3) is 0 Å². The minimum absolute atomic E-state index is 0.0968. The van der Waals surface area contributed by atoms with Gasteiger partial charge in [0.1, 0.15) is 11.8 Å². The monoisotopic (exact) mass is 341 g/mol. The molecule has 1 N–H and O–H groups in total. The van der Waals surface area contributed by atoms with Gasteiger partial charge in [-0.05, 0) is 6.92 Å². The van der Waals surface area contributed by atoms with Crippen molar-refractivity contribution in [3.63, 3.8) is 0 Å². The molecule has 1 rings (SSSR count). The van der Waals surface area contributed by atoms with Crippen LogP contribution in [0.4, 0.5) is 4.79 Å². The van der Waals surface area contributed by atoms with E-state index in [4.69, 9.17) is 0 Å². The molecule has 0 spiro atoms. The van der Waals surface area contributed by atoms with Gasteiger partial charge in [-0.3, -0.25) is 4.79 Å². The number of Topliss-reactive ketones (excluding diaryl/α,β-unsaturated/α-hetero) is 1. The summed E-state index contributed by atoms with van der Waals surface area (Å²) in [5, 5.41) is 5.44. The first-order chi connectivity index (χ1) is 10.7. The first-order valence-electron chi connectivity index (χ1n) is 7.27. The fourth-order valence-corrected chi connectivity index (χ4v) is 2.68. The van der Waals surface area contributed by atoms with Gasteiger partial charge in [-0.15, -0.1) is 11.3 Å². The van der Waals surface area contributed by atoms with Crippen molar-refractivity contribution in [3.8, 4) is 0 Å². The van der Waals surface area contributed by atoms with Crippen LogP contribution in [0.1, 0.15) is 43.8 Å². The third kappa shape index (κ3) is 5.97. The zero-order chi connectivity index (χ0) is 17.6. The number of hydrogen-bond donors (Lipinski definition) is 1. The summed E-state index contributed by atoms with van der Waals surface area (Å²) < 4.78 is 4.61. The summed E-state index contributed by atoms with van der Waals surface area (Å²) in [6, 6.07) is -1.44. The third-order valence-electron chi connectivity index (χ3n) is 3.08. The molecule has 0 unspecified atom stereocenters. The number of methoxy groups -OCH3 is 1. The Morgan fingerprint density at radius 3 is 2.52 bits per heavy atom. The highest BCUT2D eigenvalue weighted by Crippen LogP contribution is 2.19. The normalized spacial score (nSPS) is 11.9. The van der Waals surface area contributed by atoms with Crippen LogP contribution in [0.5, 0.6) is 0 Å². The maximum absolute atomic E-state index is 12.2. The van der Waals surface area contributed by atoms with E-state index in [1.54, 1.807) is 18.4 Å². The molecular weight excluding hydrogens is 318 g/mol. The lowest BCUT2D eigenvalue weighted by Gasteiger charge is -2.21. The maximum Gasteiger partial charge on any atom is 0.328 e. The van der Waals surface area contributed by atoms with Crippen molar-refractivity contribution in [2.45, 2.75) is 45.7 Å². The fourth-order valence-electron chi connectivity index (χ4n) is 1.86. The predicted octanol–water partition coefficient (Wildman–Crippen LogP) is 1.93. The molecule has 1 aromatic rings. The minimum Gasteiger partial charge on any atom is -0.467 e. The fraction of sp³-hybridized carbons (Fsp3) is 0.600. The van der Waals surface area contributed by atoms with Gasteiger partial charge >= 0.3 is 12.0 Å². The van der Waals surface area contributed by atoms with Gasteiger partial charge in [0.05, 0.1) is 24.4 Å². The number of carbonyl (C=O) groups excluding carboxylic acids is 3. The molecule has 0 saturated carbocycles. The molecule has 2 amide bonds. The van der Waals surface area contributed by atoms with E-state index in [1.165, 1.54) is 18.9 Å². The lowest BCUT2D eigenvalue weighted by atomic mass is 10.1. The molecule has 7 nitrogen and oxygen atoms in total. The Kier molecular flexibility index (Phi) is 7.15. The second-order valence-corrected chi connectivity index (χ2v) is 6.51. The third-order valence-corrected chi connectivity index (χ3v) is 4.28. The molecule has 0 radical (unpaired) electrons. The number of esters is 1. The van der Waals surface area contributed by atoms with Gasteiger partial charge in [0.2, 0.25) is 0 Å². The van der Waals surface area contributed by atoms with Crippen LogP contribution in [0.3, 0.4) is 0 Å². The van der Waals surface area contributed by atoms with Crippen LogP contribution in [0.2, 0.25) is 0 Å². The average molecular weight is 341 g/mol. The summed E-state index contributed by atoms with van der Waals surface area (Å²) in [6.45, 7) is 5.79. The van der Waals surface area contributed by atoms with Crippen molar-refractivity contribution in [1.82, 2.24) is 15.2 Å². The van der Waals surface area contributed by atoms with Crippen LogP contribution < -0.4 is 5.32 Å². The predicted molar refractivity (Wildman–Crippen MR) is 87.3 cm³/mol. The number of ketones is 1. The molecule has 0 aliphatic carbocycles. The van der Waals surface area contributed by atoms with E-state index >= 15 is 0 Å². The molecule has 0 saturated heterocycles. The van der Waals surface area contributed by atoms with Gasteiger partial charge in [0.25, 0.3) is 0 Å². The average Bonchev–Trinajstić information content (AvgIpc) is 2.93. The molecule has 1 heterocycles. The van der Waals surface area contributed by atoms with Gasteiger partial charge in [0, 0.05) is 24.8 Å². The molecule has 0 fully saturated rings. The Bertz CT molecular complexity index is 571. The molecule has 23 heavy (non-hydrogen) atoms. The van der Waals surface area contributed by atoms with Crippen molar-refractivity contribution in [1.29, 1.82) is 0 Å². The van der Waals surface area contributed by atoms with Crippen molar-refractivity contribution >= 4 is 29.1 Å². The number of hydrogen-bond acceptors (Lipinski definition) is 6. The SMILES string of the molecule is COC(=O)[C@H](CC(C)=O)NC(=O)N(C)Cc1csc(C(C)C)n1. The quantitative estimate of drug-likeness (QED) is 0.766. The van der Waals surface area contributed by atoms with E-state index in [2.05, 4.69) is 28.9 Å². The molecule has 0 aliphatic heterocycles. The van der Waals surface area contributed by atoms with Gasteiger partial charge < -0.3 is 15.0 Å². The highest BCUT2D eigenvalue weighted by atomic mass is 32.1. The van der Waals surface area contributed by atoms with E-state index in [1.807, 2.05) is 5.38 Å². The standard InChI is InChI=1S/C15H23N3O4S/c1-9(2)13-16-11(8-23-13)7-18(4)15(21)17-12(6-10(3)19)14(20)22-5/h8-9,12H,6-7H2,1-5H3,(H,17,21)/t12-/m0/s1. The van der Waals surface area contributed by atoms with Crippen LogP contribution in [-0.2, 0) is 20.9 Å². The highest BCUT2D eigenvalue weighted by molar-refractivity contribution is 7.09. The second-order valence-electron chi connectivity index (χ2n) is 5.62. The number of nitrogens with one attached hydrogen (secondary N) is 1. The summed E-state index contributed by atoms with van der Waals surface area (Å²) in [7, 11) is 2.82. The summed E-state index contributed by atoms with van der Waals surface area (Å²) in [5.74, 6) is -0.505. The van der Waals surface area contributed by atoms with Crippen molar-refractivity contribution in [2.24, 2.45) is 0 Å². The number of nitrogens with zero attached hydrogens (tertiary/aromatic N) is 2. The number of rotatable bonds is 7. The summed E-state index contributed by atoms with van der Waals surface area (Å²) >= 11 is 1.55. The van der Waals surface area contributed by atoms with E-state index in [0.717, 1.165) is 10.7 Å². The van der Waals surface area contributed by atoms with Gasteiger partial charge in [0.15, 0.2) is 0 Å². The Morgan fingerprint density at radius 1 is 1.39 bits per heavy atom. The smallest absolute Gasteiger partial charge is 0.328 e. The van der Waals surface area contributed by atoms with E-state index in [0.29, 0.717) is 12.5 Å². The Balaban J connectivity index is 2.66. The molecule has 128 valence electrons. The van der Waals surface area contributed by atoms with Crippen LogP contribution in [0, 0.1) is 0 Å². The van der Waals surface area contributed by atoms with Crippen molar-refractivity contribution < 1.29 is 19.1 Å². The highest BCUT2D eigenvalue weighted by Gasteiger charge is 2.24. The number of ether oxygens (including phenoxy) is 1. The number of thiazole rings is 1. The van der Waals surface area contributed by atoms with Gasteiger partial charge in [-0.25, -0.2) is 14.6 Å². The lowest BCUT2D eigenvalue weighted by Crippen LogP contribution is -2.47. The lowest BCUT2D eigenvalue weighted by molar-refractivity contribution is -0.144. The molecule has 0 bridgehead atoms. The first-order valence-corrected chi connectivity index (χ1v) is 8.15. The van der Waals surface area contributed by atoms with Crippen LogP contribution >= 0.6 is 11.3 Å². The number of carbonyl (C=O) groups is 3. The van der Waals surface area contributed by atoms with Crippen LogP contribution in [0.15, 0.2) is 5.38 Å².